The van der Waals surface area contributed by atoms with Gasteiger partial charge in [0.2, 0.25) is 0 Å². The number of methoxy groups -OCH3 is 1. The molecule has 0 aliphatic carbocycles. The number of aliphatic hydroxyl groups excluding tert-OH is 5. The molecule has 0 aromatic rings. The third-order valence-electron chi connectivity index (χ3n) is 5.71. The van der Waals surface area contributed by atoms with Crippen molar-refractivity contribution in [2.24, 2.45) is 0 Å². The average Bonchev–Trinajstić information content (AvgIpc) is 2.81. The van der Waals surface area contributed by atoms with Crippen molar-refractivity contribution in [3.05, 3.63) is 0 Å². The highest BCUT2D eigenvalue weighted by molar-refractivity contribution is 7.51. The molecule has 0 radical (unpaired) electrons. The molecule has 2 saturated heterocycles. The Morgan fingerprint density at radius 1 is 0.943 bits per heavy atom. The fourth-order valence-corrected chi connectivity index (χ4v) is 4.30. The SMILES string of the molecule is CO[C@H]1O[C@H](CONCCCCC#N)[C@@H](O)[C@H](O)C1O[C@H]1O[C@H](CCP(=O)(O)O)[C@@H](O)[C@H](O)[C@@H]1O. The fraction of sp³-hybridized carbons (Fsp3) is 0.947. The summed E-state index contributed by atoms with van der Waals surface area (Å²) in [6.45, 7) is 0.293. The predicted octanol–water partition coefficient (Wildman–Crippen LogP) is -2.94. The number of hydrogen-bond donors (Lipinski definition) is 8. The van der Waals surface area contributed by atoms with Crippen LogP contribution in [0.3, 0.4) is 0 Å². The van der Waals surface area contributed by atoms with Crippen LogP contribution in [0.2, 0.25) is 0 Å². The Morgan fingerprint density at radius 2 is 1.60 bits per heavy atom. The number of nitrogens with zero attached hydrogens (tertiary/aromatic N) is 1. The molecule has 1 unspecified atom stereocenters. The first-order valence-corrected chi connectivity index (χ1v) is 13.0. The van der Waals surface area contributed by atoms with Crippen LogP contribution in [-0.2, 0) is 28.4 Å². The number of aliphatic hydroxyl groups is 5. The van der Waals surface area contributed by atoms with Gasteiger partial charge in [-0.3, -0.25) is 9.40 Å². The van der Waals surface area contributed by atoms with Gasteiger partial charge in [0, 0.05) is 20.1 Å². The van der Waals surface area contributed by atoms with Crippen LogP contribution in [0.15, 0.2) is 0 Å². The Hall–Kier alpha value is -0.800. The molecular formula is C19H35N2O13P. The molecule has 2 rings (SSSR count). The van der Waals surface area contributed by atoms with E-state index in [9.17, 15) is 30.1 Å². The lowest BCUT2D eigenvalue weighted by Crippen LogP contribution is -2.64. The second-order valence-corrected chi connectivity index (χ2v) is 10.1. The molecule has 0 bridgehead atoms. The molecule has 2 heterocycles. The Kier molecular flexibility index (Phi) is 12.4. The van der Waals surface area contributed by atoms with Crippen molar-refractivity contribution in [3.8, 4) is 6.07 Å². The molecule has 35 heavy (non-hydrogen) atoms. The second kappa shape index (κ2) is 14.2. The summed E-state index contributed by atoms with van der Waals surface area (Å²) in [5.41, 5.74) is 2.66. The maximum absolute atomic E-state index is 11.2. The van der Waals surface area contributed by atoms with E-state index < -0.39 is 75.2 Å². The molecule has 2 aliphatic heterocycles. The molecule has 0 aromatic carbocycles. The standard InChI is InChI=1S/C19H35N2O13P/c1-30-19-17(15(25)13(23)11(33-19)9-31-21-7-4-2-3-6-20)34-18-16(26)14(24)12(22)10(32-18)5-8-35(27,28)29/h10-19,21-26H,2-5,7-9H2,1H3,(H2,27,28,29)/t10-,11-,12-,13-,14+,15+,16+,17?,18-,19+/m1/s1. The molecule has 2 aliphatic rings. The van der Waals surface area contributed by atoms with Crippen molar-refractivity contribution in [1.82, 2.24) is 5.48 Å². The topological polar surface area (TPSA) is 241 Å². The van der Waals surface area contributed by atoms with Gasteiger partial charge in [-0.2, -0.15) is 5.26 Å². The van der Waals surface area contributed by atoms with E-state index in [1.54, 1.807) is 0 Å². The van der Waals surface area contributed by atoms with Crippen LogP contribution < -0.4 is 5.48 Å². The lowest BCUT2D eigenvalue weighted by molar-refractivity contribution is -0.364. The minimum atomic E-state index is -4.43. The van der Waals surface area contributed by atoms with Gasteiger partial charge in [-0.25, -0.2) is 5.48 Å². The first-order chi connectivity index (χ1) is 16.5. The Balaban J connectivity index is 1.96. The molecule has 0 aromatic heterocycles. The average molecular weight is 530 g/mol. The molecule has 8 N–H and O–H groups in total. The number of nitrogens with one attached hydrogen (secondary N) is 1. The van der Waals surface area contributed by atoms with Crippen molar-refractivity contribution in [3.63, 3.8) is 0 Å². The van der Waals surface area contributed by atoms with Crippen LogP contribution in [0, 0.1) is 11.3 Å². The third-order valence-corrected chi connectivity index (χ3v) is 6.55. The lowest BCUT2D eigenvalue weighted by atomic mass is 9.96. The van der Waals surface area contributed by atoms with Gasteiger partial charge in [-0.1, -0.05) is 0 Å². The van der Waals surface area contributed by atoms with Gasteiger partial charge in [0.15, 0.2) is 12.6 Å². The smallest absolute Gasteiger partial charge is 0.325 e. The van der Waals surface area contributed by atoms with Crippen molar-refractivity contribution >= 4 is 7.60 Å². The Labute approximate surface area is 202 Å². The summed E-state index contributed by atoms with van der Waals surface area (Å²) in [5, 5.41) is 60.1. The van der Waals surface area contributed by atoms with Crippen LogP contribution in [0.25, 0.3) is 0 Å². The van der Waals surface area contributed by atoms with Gasteiger partial charge < -0.3 is 54.3 Å². The highest BCUT2D eigenvalue weighted by Crippen LogP contribution is 2.37. The zero-order chi connectivity index (χ0) is 26.2. The van der Waals surface area contributed by atoms with E-state index in [4.69, 9.17) is 38.8 Å². The normalized spacial score (nSPS) is 38.3. The van der Waals surface area contributed by atoms with E-state index in [1.165, 1.54) is 7.11 Å². The van der Waals surface area contributed by atoms with Crippen LogP contribution >= 0.6 is 7.60 Å². The van der Waals surface area contributed by atoms with E-state index in [-0.39, 0.29) is 13.0 Å². The first-order valence-electron chi connectivity index (χ1n) is 11.2. The monoisotopic (exact) mass is 530 g/mol. The highest BCUT2D eigenvalue weighted by Gasteiger charge is 2.51. The summed E-state index contributed by atoms with van der Waals surface area (Å²) < 4.78 is 32.9. The van der Waals surface area contributed by atoms with Crippen molar-refractivity contribution in [2.45, 2.75) is 87.1 Å². The number of hydroxylamine groups is 1. The number of hydrogen-bond acceptors (Lipinski definition) is 13. The molecule has 0 saturated carbocycles. The van der Waals surface area contributed by atoms with Crippen molar-refractivity contribution in [2.75, 3.05) is 26.4 Å². The zero-order valence-electron chi connectivity index (χ0n) is 19.2. The number of nitriles is 1. The molecular weight excluding hydrogens is 495 g/mol. The molecule has 0 amide bonds. The molecule has 16 heteroatoms. The van der Waals surface area contributed by atoms with E-state index in [0.717, 1.165) is 0 Å². The largest absolute Gasteiger partial charge is 0.388 e. The minimum Gasteiger partial charge on any atom is -0.388 e. The van der Waals surface area contributed by atoms with E-state index in [2.05, 4.69) is 5.48 Å². The van der Waals surface area contributed by atoms with Crippen LogP contribution in [0.4, 0.5) is 0 Å². The quantitative estimate of drug-likeness (QED) is 0.0674. The maximum Gasteiger partial charge on any atom is 0.325 e. The van der Waals surface area contributed by atoms with E-state index in [0.29, 0.717) is 25.8 Å². The molecule has 2 fully saturated rings. The summed E-state index contributed by atoms with van der Waals surface area (Å²) in [4.78, 5) is 23.4. The van der Waals surface area contributed by atoms with Crippen molar-refractivity contribution in [1.29, 1.82) is 5.26 Å². The summed E-state index contributed by atoms with van der Waals surface area (Å²) in [5.74, 6) is 0. The van der Waals surface area contributed by atoms with Gasteiger partial charge in [0.1, 0.15) is 42.7 Å². The summed E-state index contributed by atoms with van der Waals surface area (Å²) in [6, 6.07) is 2.03. The first kappa shape index (κ1) is 30.4. The van der Waals surface area contributed by atoms with Crippen LogP contribution in [0.5, 0.6) is 0 Å². The second-order valence-electron chi connectivity index (χ2n) is 8.37. The third kappa shape index (κ3) is 8.92. The number of unbranched alkanes of at least 4 members (excludes halogenated alkanes) is 2. The van der Waals surface area contributed by atoms with Crippen molar-refractivity contribution < 1.29 is 63.7 Å². The lowest BCUT2D eigenvalue weighted by Gasteiger charge is -2.46. The highest BCUT2D eigenvalue weighted by atomic mass is 31.2. The van der Waals surface area contributed by atoms with Gasteiger partial charge >= 0.3 is 7.60 Å². The summed E-state index contributed by atoms with van der Waals surface area (Å²) in [7, 11) is -3.18. The number of ether oxygens (including phenoxy) is 4. The van der Waals surface area contributed by atoms with Gasteiger partial charge in [0.05, 0.1) is 24.9 Å². The molecule has 15 nitrogen and oxygen atoms in total. The fourth-order valence-electron chi connectivity index (χ4n) is 3.71. The number of rotatable bonds is 13. The maximum atomic E-state index is 11.2. The Bertz CT molecular complexity index is 719. The van der Waals surface area contributed by atoms with Gasteiger partial charge in [-0.05, 0) is 19.3 Å². The Morgan fingerprint density at radius 3 is 2.23 bits per heavy atom. The van der Waals surface area contributed by atoms with Gasteiger partial charge in [-0.15, -0.1) is 0 Å². The van der Waals surface area contributed by atoms with Crippen LogP contribution in [0.1, 0.15) is 25.7 Å². The van der Waals surface area contributed by atoms with Gasteiger partial charge in [0.25, 0.3) is 0 Å². The molecule has 0 spiro atoms. The molecule has 10 atom stereocenters. The minimum absolute atomic E-state index is 0.166. The summed E-state index contributed by atoms with van der Waals surface area (Å²) >= 11 is 0. The predicted molar refractivity (Wildman–Crippen MR) is 114 cm³/mol. The van der Waals surface area contributed by atoms with E-state index >= 15 is 0 Å². The zero-order valence-corrected chi connectivity index (χ0v) is 20.1. The van der Waals surface area contributed by atoms with Crippen LogP contribution in [-0.4, -0.2) is 123 Å². The molecule has 204 valence electrons. The van der Waals surface area contributed by atoms with E-state index in [1.807, 2.05) is 6.07 Å². The summed E-state index contributed by atoms with van der Waals surface area (Å²) in [6.07, 6.45) is -14.1.